The number of nitrogens with zero attached hydrogens (tertiary/aromatic N) is 3. The molecule has 0 saturated carbocycles. The predicted molar refractivity (Wildman–Crippen MR) is 220 cm³/mol. The van der Waals surface area contributed by atoms with Crippen LogP contribution in [0.15, 0.2) is 36.4 Å². The summed E-state index contributed by atoms with van der Waals surface area (Å²) in [6.07, 6.45) is 7.87. The Morgan fingerprint density at radius 1 is 0.920 bits per heavy atom. The van der Waals surface area contributed by atoms with Gasteiger partial charge in [-0.2, -0.15) is 0 Å². The maximum atomic E-state index is 13.3. The number of likely N-dealkylation sites (N-methyl/N-ethyl adjacent to an activating group) is 1. The van der Waals surface area contributed by atoms with E-state index in [1.54, 1.807) is 0 Å². The average Bonchev–Trinajstić information content (AvgIpc) is 3.47. The highest BCUT2D eigenvalue weighted by Gasteiger charge is 2.22. The molecule has 1 aromatic heterocycles. The lowest BCUT2D eigenvalue weighted by Crippen LogP contribution is -2.44. The summed E-state index contributed by atoms with van der Waals surface area (Å²) in [5.41, 5.74) is 7.33. The number of piperidine rings is 1. The number of nitrogens with one attached hydrogen (secondary N) is 3. The number of fused-ring (bicyclic) bond motifs is 1. The van der Waals surface area contributed by atoms with Crippen LogP contribution in [0.5, 0.6) is 0 Å². The van der Waals surface area contributed by atoms with E-state index in [0.29, 0.717) is 18.1 Å². The van der Waals surface area contributed by atoms with Crippen molar-refractivity contribution in [1.82, 2.24) is 19.7 Å². The Kier molecular flexibility index (Phi) is 19.1. The number of carbonyl (C=O) groups is 2. The number of hydrogen-bond acceptors (Lipinski definition) is 5. The molecule has 1 atom stereocenters. The van der Waals surface area contributed by atoms with Crippen LogP contribution in [-0.2, 0) is 30.1 Å². The predicted octanol–water partition coefficient (Wildman–Crippen LogP) is 8.14. The highest BCUT2D eigenvalue weighted by molar-refractivity contribution is 7.36. The number of hydrogen-bond donors (Lipinski definition) is 3. The fourth-order valence-electron chi connectivity index (χ4n) is 6.30. The van der Waals surface area contributed by atoms with E-state index in [-0.39, 0.29) is 11.3 Å². The molecular weight excluding hydrogens is 639 g/mol. The molecule has 280 valence electrons. The fraction of sp³-hybridized carbons (Fsp3) is 0.610. The van der Waals surface area contributed by atoms with Crippen molar-refractivity contribution in [2.75, 3.05) is 76.8 Å². The quantitative estimate of drug-likeness (QED) is 0.156. The zero-order chi connectivity index (χ0) is 37.3. The Morgan fingerprint density at radius 3 is 2.12 bits per heavy atom. The summed E-state index contributed by atoms with van der Waals surface area (Å²) in [7, 11) is 7.00. The van der Waals surface area contributed by atoms with Gasteiger partial charge in [0, 0.05) is 57.0 Å². The largest absolute Gasteiger partial charge is 0.388 e. The van der Waals surface area contributed by atoms with Crippen molar-refractivity contribution in [3.63, 3.8) is 0 Å². The molecule has 8 nitrogen and oxygen atoms in total. The van der Waals surface area contributed by atoms with Gasteiger partial charge in [-0.25, -0.2) is 0 Å². The molecule has 1 aliphatic heterocycles. The highest BCUT2D eigenvalue weighted by atomic mass is 31.1. The Bertz CT molecular complexity index is 1470. The van der Waals surface area contributed by atoms with Gasteiger partial charge in [-0.05, 0) is 105 Å². The molecule has 2 aromatic carbocycles. The molecule has 0 spiro atoms. The van der Waals surface area contributed by atoms with Gasteiger partial charge in [-0.15, -0.1) is 8.58 Å². The summed E-state index contributed by atoms with van der Waals surface area (Å²) in [5, 5.41) is 10.8. The van der Waals surface area contributed by atoms with E-state index in [2.05, 4.69) is 106 Å². The second kappa shape index (κ2) is 22.1. The second-order valence-electron chi connectivity index (χ2n) is 14.2. The van der Waals surface area contributed by atoms with Crippen LogP contribution in [0.3, 0.4) is 0 Å². The Hall–Kier alpha value is -2.93. The summed E-state index contributed by atoms with van der Waals surface area (Å²) in [6, 6.07) is 12.6. The third-order valence-electron chi connectivity index (χ3n) is 9.38. The van der Waals surface area contributed by atoms with Gasteiger partial charge in [0.1, 0.15) is 5.69 Å². The lowest BCUT2D eigenvalue weighted by Gasteiger charge is -2.29. The van der Waals surface area contributed by atoms with Crippen LogP contribution in [0.1, 0.15) is 101 Å². The Morgan fingerprint density at radius 2 is 1.58 bits per heavy atom. The first kappa shape index (κ1) is 43.2. The van der Waals surface area contributed by atoms with Crippen molar-refractivity contribution >= 4 is 42.7 Å². The van der Waals surface area contributed by atoms with E-state index in [9.17, 15) is 9.59 Å². The van der Waals surface area contributed by atoms with Crippen molar-refractivity contribution in [2.45, 2.75) is 92.4 Å². The van der Waals surface area contributed by atoms with E-state index in [4.69, 9.17) is 0 Å². The highest BCUT2D eigenvalue weighted by Crippen LogP contribution is 2.34. The molecule has 50 heavy (non-hydrogen) atoms. The molecular formula is C41H69N6O2P. The first-order chi connectivity index (χ1) is 23.9. The van der Waals surface area contributed by atoms with Crippen LogP contribution in [0.4, 0.5) is 11.4 Å². The molecule has 2 heterocycles. The minimum absolute atomic E-state index is 0.00691. The van der Waals surface area contributed by atoms with Crippen LogP contribution in [-0.4, -0.2) is 92.4 Å². The molecule has 0 radical (unpaired) electrons. The third-order valence-corrected chi connectivity index (χ3v) is 10.1. The normalized spacial score (nSPS) is 13.2. The standard InChI is InChI=1S/C25H33N3O.C13H27N3O.C3H9P/c1-8-16-11-10-12-17-13-22(28(7)23(16)17)24(29)27-21-15-18(25(3,4)5)14-20(26-6)19(21)9-2;1-3-8-15(11-7-14-2)12-13(17)16-9-5-4-6-10-16;1-3-4-2/h10-15,26H,8-9H2,1-7H3,(H,27,29);14H,3-12H2,1-2H3;4H,3H2,1-2H3. The third kappa shape index (κ3) is 12.7. The monoisotopic (exact) mass is 709 g/mol. The number of rotatable bonds is 13. The lowest BCUT2D eigenvalue weighted by atomic mass is 9.85. The first-order valence-corrected chi connectivity index (χ1v) is 20.6. The Labute approximate surface area is 306 Å². The topological polar surface area (TPSA) is 81.6 Å². The molecule has 1 saturated heterocycles. The summed E-state index contributed by atoms with van der Waals surface area (Å²) < 4.78 is 2.02. The number of benzene rings is 2. The summed E-state index contributed by atoms with van der Waals surface area (Å²) in [5.74, 6) is 0.239. The molecule has 1 unspecified atom stereocenters. The molecule has 1 aliphatic rings. The maximum Gasteiger partial charge on any atom is 0.272 e. The van der Waals surface area contributed by atoms with Gasteiger partial charge in [0.25, 0.3) is 5.91 Å². The van der Waals surface area contributed by atoms with Crippen LogP contribution in [0.2, 0.25) is 0 Å². The number of amides is 2. The molecule has 3 N–H and O–H groups in total. The van der Waals surface area contributed by atoms with Gasteiger partial charge in [0.15, 0.2) is 0 Å². The van der Waals surface area contributed by atoms with E-state index >= 15 is 0 Å². The molecule has 3 aromatic rings. The molecule has 1 fully saturated rings. The minimum Gasteiger partial charge on any atom is -0.388 e. The maximum absolute atomic E-state index is 13.3. The summed E-state index contributed by atoms with van der Waals surface area (Å²) in [6.45, 7) is 22.8. The smallest absolute Gasteiger partial charge is 0.272 e. The van der Waals surface area contributed by atoms with Gasteiger partial charge >= 0.3 is 0 Å². The van der Waals surface area contributed by atoms with Crippen LogP contribution >= 0.6 is 8.58 Å². The molecule has 0 bridgehead atoms. The minimum atomic E-state index is -0.0754. The van der Waals surface area contributed by atoms with E-state index in [1.807, 2.05) is 36.7 Å². The summed E-state index contributed by atoms with van der Waals surface area (Å²) >= 11 is 0. The number of likely N-dealkylation sites (tertiary alicyclic amines) is 1. The first-order valence-electron chi connectivity index (χ1n) is 18.9. The zero-order valence-electron chi connectivity index (χ0n) is 33.3. The van der Waals surface area contributed by atoms with Gasteiger partial charge in [0.05, 0.1) is 12.1 Å². The molecule has 4 rings (SSSR count). The van der Waals surface area contributed by atoms with Crippen molar-refractivity contribution in [1.29, 1.82) is 0 Å². The van der Waals surface area contributed by atoms with Gasteiger partial charge in [-0.3, -0.25) is 14.5 Å². The number of anilines is 2. The second-order valence-corrected chi connectivity index (χ2v) is 15.6. The van der Waals surface area contributed by atoms with E-state index in [1.165, 1.54) is 36.6 Å². The lowest BCUT2D eigenvalue weighted by molar-refractivity contribution is -0.133. The van der Waals surface area contributed by atoms with E-state index < -0.39 is 0 Å². The molecule has 0 aliphatic carbocycles. The van der Waals surface area contributed by atoms with Crippen molar-refractivity contribution in [2.24, 2.45) is 7.05 Å². The Balaban J connectivity index is 0.000000350. The van der Waals surface area contributed by atoms with Gasteiger partial charge < -0.3 is 25.4 Å². The van der Waals surface area contributed by atoms with Crippen LogP contribution < -0.4 is 16.0 Å². The number of carbonyl (C=O) groups excluding carboxylic acids is 2. The average molecular weight is 709 g/mol. The molecule has 2 amide bonds. The fourth-order valence-corrected chi connectivity index (χ4v) is 6.30. The number of para-hydroxylation sites is 1. The van der Waals surface area contributed by atoms with Crippen molar-refractivity contribution < 1.29 is 9.59 Å². The van der Waals surface area contributed by atoms with Gasteiger partial charge in [0.2, 0.25) is 5.91 Å². The van der Waals surface area contributed by atoms with Crippen molar-refractivity contribution in [3.8, 4) is 0 Å². The van der Waals surface area contributed by atoms with Crippen LogP contribution in [0, 0.1) is 0 Å². The summed E-state index contributed by atoms with van der Waals surface area (Å²) in [4.78, 5) is 29.7. The number of aryl methyl sites for hydroxylation is 2. The zero-order valence-corrected chi connectivity index (χ0v) is 34.3. The van der Waals surface area contributed by atoms with E-state index in [0.717, 1.165) is 88.4 Å². The SMILES string of the molecule is CCCN(CCNC)CC(=O)N1CCCCC1.CCPC.CCc1c(NC)cc(C(C)(C)C)cc1NC(=O)c1cc2cccc(CC)c2n1C. The van der Waals surface area contributed by atoms with Gasteiger partial charge in [-0.1, -0.05) is 66.7 Å². The van der Waals surface area contributed by atoms with Crippen LogP contribution in [0.25, 0.3) is 10.9 Å². The van der Waals surface area contributed by atoms with Crippen molar-refractivity contribution in [3.05, 3.63) is 58.8 Å². The molecule has 9 heteroatoms. The number of aromatic nitrogens is 1.